The monoisotopic (exact) mass is 296 g/mol. The van der Waals surface area contributed by atoms with E-state index in [0.29, 0.717) is 17.9 Å². The number of alkyl halides is 1. The molecular weight excluding hydrogens is 284 g/mol. The fourth-order valence-corrected chi connectivity index (χ4v) is 2.54. The molecule has 4 nitrogen and oxygen atoms in total. The molecule has 0 bridgehead atoms. The molecule has 0 saturated carbocycles. The zero-order chi connectivity index (χ0) is 14.8. The minimum Gasteiger partial charge on any atom is -0.279 e. The highest BCUT2D eigenvalue weighted by molar-refractivity contribution is 6.17. The number of nitriles is 1. The Labute approximate surface area is 127 Å². The number of hydrogen-bond donors (Lipinski definition) is 0. The molecule has 0 saturated heterocycles. The van der Waals surface area contributed by atoms with Crippen molar-refractivity contribution < 1.29 is 0 Å². The Balaban J connectivity index is 2.36. The SMILES string of the molecule is Cc1ccc2nc(CCCl)n(-c3ccccc3C#N)c2n1. The molecule has 5 heteroatoms. The quantitative estimate of drug-likeness (QED) is 0.696. The lowest BCUT2D eigenvalue weighted by Crippen LogP contribution is -2.05. The fourth-order valence-electron chi connectivity index (χ4n) is 2.37. The number of nitrogens with zero attached hydrogens (tertiary/aromatic N) is 4. The first-order chi connectivity index (χ1) is 10.2. The number of aromatic nitrogens is 3. The minimum absolute atomic E-state index is 0.469. The number of para-hydroxylation sites is 1. The average Bonchev–Trinajstić information content (AvgIpc) is 2.84. The number of rotatable bonds is 3. The van der Waals surface area contributed by atoms with Gasteiger partial charge in [0.25, 0.3) is 0 Å². The van der Waals surface area contributed by atoms with E-state index in [4.69, 9.17) is 11.6 Å². The standard InChI is InChI=1S/C16H13ClN4/c1-11-6-7-13-16(19-11)21(15(20-13)8-9-17)14-5-3-2-4-12(14)10-18/h2-7H,8-9H2,1H3. The van der Waals surface area contributed by atoms with Crippen LogP contribution in [0.25, 0.3) is 16.9 Å². The highest BCUT2D eigenvalue weighted by Crippen LogP contribution is 2.23. The van der Waals surface area contributed by atoms with E-state index in [0.717, 1.165) is 28.4 Å². The predicted molar refractivity (Wildman–Crippen MR) is 82.7 cm³/mol. The number of pyridine rings is 1. The van der Waals surface area contributed by atoms with Crippen LogP contribution in [0.3, 0.4) is 0 Å². The van der Waals surface area contributed by atoms with Gasteiger partial charge in [-0.1, -0.05) is 12.1 Å². The predicted octanol–water partition coefficient (Wildman–Crippen LogP) is 3.38. The second kappa shape index (κ2) is 5.55. The summed E-state index contributed by atoms with van der Waals surface area (Å²) in [5.74, 6) is 1.29. The smallest absolute Gasteiger partial charge is 0.164 e. The largest absolute Gasteiger partial charge is 0.279 e. The maximum atomic E-state index is 9.33. The van der Waals surface area contributed by atoms with E-state index in [9.17, 15) is 5.26 Å². The maximum absolute atomic E-state index is 9.33. The molecule has 21 heavy (non-hydrogen) atoms. The Morgan fingerprint density at radius 3 is 2.76 bits per heavy atom. The summed E-state index contributed by atoms with van der Waals surface area (Å²) in [6.45, 7) is 1.94. The number of halogens is 1. The van der Waals surface area contributed by atoms with Crippen LogP contribution >= 0.6 is 11.6 Å². The molecule has 0 amide bonds. The second-order valence-electron chi connectivity index (χ2n) is 4.73. The molecule has 0 aliphatic heterocycles. The number of benzene rings is 1. The molecule has 0 N–H and O–H groups in total. The van der Waals surface area contributed by atoms with Crippen LogP contribution in [0.1, 0.15) is 17.1 Å². The fraction of sp³-hybridized carbons (Fsp3) is 0.188. The molecule has 0 radical (unpaired) electrons. The zero-order valence-electron chi connectivity index (χ0n) is 11.5. The van der Waals surface area contributed by atoms with Crippen molar-refractivity contribution in [1.29, 1.82) is 5.26 Å². The van der Waals surface area contributed by atoms with Crippen molar-refractivity contribution in [3.8, 4) is 11.8 Å². The molecule has 2 heterocycles. The van der Waals surface area contributed by atoms with Gasteiger partial charge in [0.15, 0.2) is 5.65 Å². The third-order valence-corrected chi connectivity index (χ3v) is 3.49. The molecule has 0 aliphatic carbocycles. The zero-order valence-corrected chi connectivity index (χ0v) is 12.3. The number of fused-ring (bicyclic) bond motifs is 1. The van der Waals surface area contributed by atoms with E-state index in [1.54, 1.807) is 6.07 Å². The molecule has 2 aromatic heterocycles. The Morgan fingerprint density at radius 1 is 1.19 bits per heavy atom. The summed E-state index contributed by atoms with van der Waals surface area (Å²) < 4.78 is 1.93. The van der Waals surface area contributed by atoms with Crippen LogP contribution in [0.15, 0.2) is 36.4 Å². The topological polar surface area (TPSA) is 54.5 Å². The summed E-state index contributed by atoms with van der Waals surface area (Å²) in [7, 11) is 0. The lowest BCUT2D eigenvalue weighted by molar-refractivity contribution is 0.902. The molecule has 0 spiro atoms. The van der Waals surface area contributed by atoms with Gasteiger partial charge in [-0.25, -0.2) is 9.97 Å². The van der Waals surface area contributed by atoms with Crippen molar-refractivity contribution in [2.75, 3.05) is 5.88 Å². The number of aryl methyl sites for hydroxylation is 2. The van der Waals surface area contributed by atoms with Crippen LogP contribution in [0, 0.1) is 18.3 Å². The summed E-state index contributed by atoms with van der Waals surface area (Å²) in [4.78, 5) is 9.18. The first-order valence-corrected chi connectivity index (χ1v) is 7.18. The van der Waals surface area contributed by atoms with Crippen molar-refractivity contribution in [1.82, 2.24) is 14.5 Å². The lowest BCUT2D eigenvalue weighted by atomic mass is 10.2. The van der Waals surface area contributed by atoms with E-state index in [1.807, 2.05) is 41.8 Å². The van der Waals surface area contributed by atoms with E-state index >= 15 is 0 Å². The van der Waals surface area contributed by atoms with Crippen LogP contribution in [-0.4, -0.2) is 20.4 Å². The van der Waals surface area contributed by atoms with Crippen LogP contribution in [0.4, 0.5) is 0 Å². The van der Waals surface area contributed by atoms with Crippen molar-refractivity contribution in [2.24, 2.45) is 0 Å². The molecule has 1 aromatic carbocycles. The first-order valence-electron chi connectivity index (χ1n) is 6.65. The van der Waals surface area contributed by atoms with Gasteiger partial charge in [0.1, 0.15) is 17.4 Å². The van der Waals surface area contributed by atoms with Crippen LogP contribution < -0.4 is 0 Å². The Hall–Kier alpha value is -2.38. The molecule has 3 aromatic rings. The summed E-state index contributed by atoms with van der Waals surface area (Å²) in [5.41, 5.74) is 3.87. The second-order valence-corrected chi connectivity index (χ2v) is 5.10. The third-order valence-electron chi connectivity index (χ3n) is 3.30. The molecular formula is C16H13ClN4. The van der Waals surface area contributed by atoms with Crippen molar-refractivity contribution in [3.05, 3.63) is 53.5 Å². The maximum Gasteiger partial charge on any atom is 0.164 e. The van der Waals surface area contributed by atoms with Gasteiger partial charge in [0, 0.05) is 18.0 Å². The van der Waals surface area contributed by atoms with Crippen molar-refractivity contribution >= 4 is 22.8 Å². The molecule has 0 unspecified atom stereocenters. The Morgan fingerprint density at radius 2 is 2.00 bits per heavy atom. The Bertz CT molecular complexity index is 845. The molecule has 0 fully saturated rings. The molecule has 3 rings (SSSR count). The van der Waals surface area contributed by atoms with Gasteiger partial charge in [0.2, 0.25) is 0 Å². The van der Waals surface area contributed by atoms with Crippen LogP contribution in [0.2, 0.25) is 0 Å². The van der Waals surface area contributed by atoms with E-state index in [2.05, 4.69) is 16.0 Å². The Kier molecular flexibility index (Phi) is 3.59. The van der Waals surface area contributed by atoms with Gasteiger partial charge in [-0.3, -0.25) is 4.57 Å². The summed E-state index contributed by atoms with van der Waals surface area (Å²) in [6, 6.07) is 13.5. The third kappa shape index (κ3) is 2.37. The summed E-state index contributed by atoms with van der Waals surface area (Å²) in [6.07, 6.45) is 0.622. The van der Waals surface area contributed by atoms with Gasteiger partial charge in [0.05, 0.1) is 11.3 Å². The van der Waals surface area contributed by atoms with Gasteiger partial charge < -0.3 is 0 Å². The minimum atomic E-state index is 0.469. The molecule has 0 aliphatic rings. The number of hydrogen-bond acceptors (Lipinski definition) is 3. The molecule has 0 atom stereocenters. The summed E-state index contributed by atoms with van der Waals surface area (Å²) >= 11 is 5.89. The van der Waals surface area contributed by atoms with Gasteiger partial charge in [-0.15, -0.1) is 11.6 Å². The van der Waals surface area contributed by atoms with Crippen molar-refractivity contribution in [2.45, 2.75) is 13.3 Å². The van der Waals surface area contributed by atoms with Gasteiger partial charge in [-0.05, 0) is 31.2 Å². The highest BCUT2D eigenvalue weighted by Gasteiger charge is 2.15. The van der Waals surface area contributed by atoms with Crippen LogP contribution in [-0.2, 0) is 6.42 Å². The van der Waals surface area contributed by atoms with E-state index in [1.165, 1.54) is 0 Å². The number of imidazole rings is 1. The van der Waals surface area contributed by atoms with E-state index in [-0.39, 0.29) is 0 Å². The average molecular weight is 297 g/mol. The lowest BCUT2D eigenvalue weighted by Gasteiger charge is -2.09. The normalized spacial score (nSPS) is 10.7. The molecule has 104 valence electrons. The van der Waals surface area contributed by atoms with E-state index < -0.39 is 0 Å². The van der Waals surface area contributed by atoms with Crippen molar-refractivity contribution in [3.63, 3.8) is 0 Å². The van der Waals surface area contributed by atoms with Gasteiger partial charge in [-0.2, -0.15) is 5.26 Å². The first kappa shape index (κ1) is 13.6. The highest BCUT2D eigenvalue weighted by atomic mass is 35.5. The summed E-state index contributed by atoms with van der Waals surface area (Å²) in [5, 5.41) is 9.33. The van der Waals surface area contributed by atoms with Crippen LogP contribution in [0.5, 0.6) is 0 Å². The van der Waals surface area contributed by atoms with Gasteiger partial charge >= 0.3 is 0 Å².